The number of hydrogen-bond acceptors (Lipinski definition) is 3. The average molecular weight is 387 g/mol. The number of piperidine rings is 1. The summed E-state index contributed by atoms with van der Waals surface area (Å²) in [6.45, 7) is 15.9. The Labute approximate surface area is 171 Å². The fourth-order valence-corrected chi connectivity index (χ4v) is 5.79. The number of carbonyl (C=O) groups is 1. The van der Waals surface area contributed by atoms with E-state index < -0.39 is 11.3 Å². The van der Waals surface area contributed by atoms with Crippen molar-refractivity contribution in [3.8, 4) is 0 Å². The van der Waals surface area contributed by atoms with Crippen LogP contribution in [-0.4, -0.2) is 33.2 Å². The van der Waals surface area contributed by atoms with Crippen LogP contribution in [0.4, 0.5) is 0 Å². The first-order valence-electron chi connectivity index (χ1n) is 10.8. The molecule has 0 bridgehead atoms. The molecule has 0 aliphatic carbocycles. The molecule has 0 aromatic heterocycles. The van der Waals surface area contributed by atoms with Crippen molar-refractivity contribution in [3.63, 3.8) is 0 Å². The molecule has 1 aromatic carbocycles. The molecule has 1 aromatic rings. The zero-order chi connectivity index (χ0) is 20.8. The molecule has 28 heavy (non-hydrogen) atoms. The Hall–Kier alpha value is -1.39. The molecule has 2 heterocycles. The predicted octanol–water partition coefficient (Wildman–Crippen LogP) is 4.88. The van der Waals surface area contributed by atoms with Crippen LogP contribution in [0.2, 0.25) is 0 Å². The number of carbonyl (C=O) groups excluding carboxylic acids is 1. The highest BCUT2D eigenvalue weighted by Gasteiger charge is 2.64. The zero-order valence-corrected chi connectivity index (χ0v) is 18.8. The van der Waals surface area contributed by atoms with Gasteiger partial charge >= 0.3 is 0 Å². The molecule has 4 nitrogen and oxygen atoms in total. The van der Waals surface area contributed by atoms with Crippen molar-refractivity contribution >= 4 is 5.91 Å². The topological polar surface area (TPSA) is 41.6 Å². The molecule has 0 saturated carbocycles. The van der Waals surface area contributed by atoms with E-state index in [0.717, 1.165) is 18.4 Å². The molecule has 3 rings (SSSR count). The number of amides is 1. The van der Waals surface area contributed by atoms with Crippen molar-refractivity contribution in [2.75, 3.05) is 0 Å². The second kappa shape index (κ2) is 7.14. The smallest absolute Gasteiger partial charge is 0.257 e. The lowest BCUT2D eigenvalue weighted by molar-refractivity contribution is -0.178. The number of rotatable bonds is 5. The van der Waals surface area contributed by atoms with Crippen molar-refractivity contribution in [3.05, 3.63) is 35.9 Å². The van der Waals surface area contributed by atoms with Crippen LogP contribution in [0.3, 0.4) is 0 Å². The zero-order valence-electron chi connectivity index (χ0n) is 18.8. The lowest BCUT2D eigenvalue weighted by Gasteiger charge is -2.50. The summed E-state index contributed by atoms with van der Waals surface area (Å²) in [6, 6.07) is 10.3. The van der Waals surface area contributed by atoms with Gasteiger partial charge in [0.25, 0.3) is 5.91 Å². The highest BCUT2D eigenvalue weighted by Crippen LogP contribution is 2.50. The van der Waals surface area contributed by atoms with E-state index in [1.165, 1.54) is 0 Å². The molecule has 1 atom stereocenters. The Kier molecular flexibility index (Phi) is 5.44. The molecular weight excluding hydrogens is 348 g/mol. The second-order valence-electron chi connectivity index (χ2n) is 10.6. The van der Waals surface area contributed by atoms with Crippen LogP contribution >= 0.6 is 0 Å². The third kappa shape index (κ3) is 3.99. The molecule has 0 radical (unpaired) electrons. The first kappa shape index (κ1) is 21.3. The van der Waals surface area contributed by atoms with Gasteiger partial charge in [-0.2, -0.15) is 0 Å². The van der Waals surface area contributed by atoms with E-state index in [-0.39, 0.29) is 17.0 Å². The fraction of sp³-hybridized carbons (Fsp3) is 0.708. The van der Waals surface area contributed by atoms with Gasteiger partial charge in [-0.25, -0.2) is 0 Å². The van der Waals surface area contributed by atoms with Crippen molar-refractivity contribution in [2.45, 2.75) is 103 Å². The molecule has 2 aliphatic heterocycles. The Morgan fingerprint density at radius 1 is 1.07 bits per heavy atom. The first-order chi connectivity index (χ1) is 12.9. The maximum atomic E-state index is 14.0. The van der Waals surface area contributed by atoms with Gasteiger partial charge in [0.1, 0.15) is 5.72 Å². The van der Waals surface area contributed by atoms with Crippen molar-refractivity contribution in [2.24, 2.45) is 5.92 Å². The fourth-order valence-electron chi connectivity index (χ4n) is 5.79. The number of ether oxygens (including phenoxy) is 1. The van der Waals surface area contributed by atoms with Gasteiger partial charge in [0.15, 0.2) is 5.60 Å². The highest BCUT2D eigenvalue weighted by atomic mass is 16.6. The Morgan fingerprint density at radius 2 is 1.64 bits per heavy atom. The van der Waals surface area contributed by atoms with Gasteiger partial charge in [0.05, 0.1) is 0 Å². The average Bonchev–Trinajstić information content (AvgIpc) is 2.74. The third-order valence-corrected chi connectivity index (χ3v) is 6.11. The number of benzene rings is 1. The summed E-state index contributed by atoms with van der Waals surface area (Å²) in [6.07, 6.45) is 3.07. The van der Waals surface area contributed by atoms with Crippen LogP contribution in [0.5, 0.6) is 0 Å². The normalized spacial score (nSPS) is 28.3. The summed E-state index contributed by atoms with van der Waals surface area (Å²) >= 11 is 0. The van der Waals surface area contributed by atoms with E-state index in [2.05, 4.69) is 70.8 Å². The van der Waals surface area contributed by atoms with Gasteiger partial charge in [-0.3, -0.25) is 4.79 Å². The molecule has 1 unspecified atom stereocenters. The maximum Gasteiger partial charge on any atom is 0.257 e. The SMILES string of the molecule is CCC1(CC(C)C)OC2(CC(C)(C)NC(C)(C)C2)C(=O)N1Cc1ccccc1. The number of nitrogens with one attached hydrogen (secondary N) is 1. The van der Waals surface area contributed by atoms with Gasteiger partial charge in [0, 0.05) is 30.5 Å². The van der Waals surface area contributed by atoms with Crippen molar-refractivity contribution in [1.82, 2.24) is 10.2 Å². The largest absolute Gasteiger partial charge is 0.339 e. The van der Waals surface area contributed by atoms with Gasteiger partial charge in [0.2, 0.25) is 0 Å². The monoisotopic (exact) mass is 386 g/mol. The van der Waals surface area contributed by atoms with Crippen LogP contribution in [0.15, 0.2) is 30.3 Å². The predicted molar refractivity (Wildman–Crippen MR) is 114 cm³/mol. The minimum atomic E-state index is -0.752. The van der Waals surface area contributed by atoms with E-state index in [0.29, 0.717) is 25.3 Å². The minimum Gasteiger partial charge on any atom is -0.339 e. The Morgan fingerprint density at radius 3 is 2.14 bits per heavy atom. The number of hydrogen-bond donors (Lipinski definition) is 1. The van der Waals surface area contributed by atoms with Gasteiger partial charge < -0.3 is 15.0 Å². The lowest BCUT2D eigenvalue weighted by Crippen LogP contribution is -2.65. The number of nitrogens with zero attached hydrogens (tertiary/aromatic N) is 1. The molecule has 156 valence electrons. The molecule has 1 spiro atoms. The summed E-state index contributed by atoms with van der Waals surface area (Å²) < 4.78 is 6.94. The second-order valence-corrected chi connectivity index (χ2v) is 10.6. The summed E-state index contributed by atoms with van der Waals surface area (Å²) in [5, 5.41) is 3.70. The van der Waals surface area contributed by atoms with E-state index in [4.69, 9.17) is 4.74 Å². The molecule has 1 N–H and O–H groups in total. The maximum absolute atomic E-state index is 14.0. The van der Waals surface area contributed by atoms with Crippen LogP contribution in [0, 0.1) is 5.92 Å². The Bertz CT molecular complexity index is 695. The molecule has 2 fully saturated rings. The molecule has 2 saturated heterocycles. The van der Waals surface area contributed by atoms with E-state index in [1.807, 2.05) is 18.2 Å². The Balaban J connectivity index is 2.04. The van der Waals surface area contributed by atoms with Gasteiger partial charge in [-0.05, 0) is 52.0 Å². The van der Waals surface area contributed by atoms with E-state index >= 15 is 0 Å². The standard InChI is InChI=1S/C24H38N2O2/c1-8-24(14-18(2)3)26(15-19-12-10-9-11-13-19)20(27)23(28-24)16-21(4,5)25-22(6,7)17-23/h9-13,18,25H,8,14-17H2,1-7H3. The summed E-state index contributed by atoms with van der Waals surface area (Å²) in [5.74, 6) is 0.616. The molecule has 4 heteroatoms. The highest BCUT2D eigenvalue weighted by molar-refractivity contribution is 5.88. The van der Waals surface area contributed by atoms with Crippen molar-refractivity contribution < 1.29 is 9.53 Å². The summed E-state index contributed by atoms with van der Waals surface area (Å²) in [7, 11) is 0. The quantitative estimate of drug-likeness (QED) is 0.784. The van der Waals surface area contributed by atoms with Crippen LogP contribution in [-0.2, 0) is 16.1 Å². The summed E-state index contributed by atoms with van der Waals surface area (Å²) in [5.41, 5.74) is -0.442. The van der Waals surface area contributed by atoms with Crippen LogP contribution in [0.1, 0.15) is 79.7 Å². The molecular formula is C24H38N2O2. The van der Waals surface area contributed by atoms with Crippen molar-refractivity contribution in [1.29, 1.82) is 0 Å². The van der Waals surface area contributed by atoms with Gasteiger partial charge in [-0.1, -0.05) is 51.1 Å². The van der Waals surface area contributed by atoms with Gasteiger partial charge in [-0.15, -0.1) is 0 Å². The van der Waals surface area contributed by atoms with Crippen LogP contribution in [0.25, 0.3) is 0 Å². The molecule has 1 amide bonds. The third-order valence-electron chi connectivity index (χ3n) is 6.11. The first-order valence-corrected chi connectivity index (χ1v) is 10.8. The summed E-state index contributed by atoms with van der Waals surface area (Å²) in [4.78, 5) is 16.0. The molecule has 2 aliphatic rings. The lowest BCUT2D eigenvalue weighted by atomic mass is 9.72. The van der Waals surface area contributed by atoms with E-state index in [1.54, 1.807) is 0 Å². The minimum absolute atomic E-state index is 0.155. The van der Waals surface area contributed by atoms with E-state index in [9.17, 15) is 4.79 Å². The van der Waals surface area contributed by atoms with Crippen LogP contribution < -0.4 is 5.32 Å².